The van der Waals surface area contributed by atoms with E-state index >= 15 is 0 Å². The van der Waals surface area contributed by atoms with Crippen LogP contribution in [0, 0.1) is 6.92 Å². The fourth-order valence-corrected chi connectivity index (χ4v) is 1.98. The van der Waals surface area contributed by atoms with E-state index in [-0.39, 0.29) is 6.10 Å². The Morgan fingerprint density at radius 2 is 2.23 bits per heavy atom. The van der Waals surface area contributed by atoms with Gasteiger partial charge in [0.05, 0.1) is 6.10 Å². The highest BCUT2D eigenvalue weighted by Gasteiger charge is 2.23. The summed E-state index contributed by atoms with van der Waals surface area (Å²) < 4.78 is 0. The summed E-state index contributed by atoms with van der Waals surface area (Å²) in [7, 11) is 0. The third kappa shape index (κ3) is 1.89. The number of pyridine rings is 1. The van der Waals surface area contributed by atoms with E-state index < -0.39 is 0 Å². The molecule has 0 aromatic carbocycles. The number of rotatable bonds is 1. The van der Waals surface area contributed by atoms with Gasteiger partial charge in [-0.2, -0.15) is 0 Å². The lowest BCUT2D eigenvalue weighted by Gasteiger charge is -2.08. The Kier molecular flexibility index (Phi) is 2.32. The van der Waals surface area contributed by atoms with Crippen LogP contribution in [0.2, 0.25) is 0 Å². The lowest BCUT2D eigenvalue weighted by atomic mass is 9.99. The Labute approximate surface area is 78.6 Å². The first-order chi connectivity index (χ1) is 6.25. The van der Waals surface area contributed by atoms with Crippen LogP contribution in [0.25, 0.3) is 0 Å². The summed E-state index contributed by atoms with van der Waals surface area (Å²) in [5.74, 6) is 0.531. The Hall–Kier alpha value is -0.890. The van der Waals surface area contributed by atoms with Crippen molar-refractivity contribution < 1.29 is 5.11 Å². The van der Waals surface area contributed by atoms with E-state index in [1.54, 1.807) is 0 Å². The van der Waals surface area contributed by atoms with Gasteiger partial charge in [-0.15, -0.1) is 0 Å². The van der Waals surface area contributed by atoms with Gasteiger partial charge in [-0.3, -0.25) is 4.98 Å². The molecular weight excluding hydrogens is 162 g/mol. The molecule has 0 bridgehead atoms. The summed E-state index contributed by atoms with van der Waals surface area (Å²) in [6.07, 6.45) is 4.80. The van der Waals surface area contributed by atoms with Crippen molar-refractivity contribution in [3.63, 3.8) is 0 Å². The maximum absolute atomic E-state index is 9.40. The van der Waals surface area contributed by atoms with Crippen molar-refractivity contribution in [2.45, 2.75) is 38.2 Å². The largest absolute Gasteiger partial charge is 0.393 e. The van der Waals surface area contributed by atoms with E-state index in [0.717, 1.165) is 25.0 Å². The Bertz CT molecular complexity index is 281. The number of aliphatic hydroxyl groups excluding tert-OH is 1. The van der Waals surface area contributed by atoms with Crippen molar-refractivity contribution >= 4 is 0 Å². The van der Waals surface area contributed by atoms with Crippen molar-refractivity contribution in [1.29, 1.82) is 0 Å². The van der Waals surface area contributed by atoms with Crippen LogP contribution in [-0.4, -0.2) is 16.2 Å². The normalized spacial score (nSPS) is 27.8. The van der Waals surface area contributed by atoms with Crippen LogP contribution in [0.5, 0.6) is 0 Å². The molecule has 1 aromatic heterocycles. The molecule has 1 N–H and O–H groups in total. The molecule has 0 spiro atoms. The van der Waals surface area contributed by atoms with Crippen LogP contribution in [0.4, 0.5) is 0 Å². The van der Waals surface area contributed by atoms with Gasteiger partial charge < -0.3 is 5.11 Å². The van der Waals surface area contributed by atoms with Crippen LogP contribution in [0.3, 0.4) is 0 Å². The zero-order chi connectivity index (χ0) is 9.26. The minimum absolute atomic E-state index is 0.0914. The topological polar surface area (TPSA) is 33.1 Å². The third-order valence-corrected chi connectivity index (χ3v) is 2.81. The van der Waals surface area contributed by atoms with Crippen molar-refractivity contribution in [1.82, 2.24) is 4.98 Å². The minimum atomic E-state index is -0.0914. The molecule has 2 rings (SSSR count). The van der Waals surface area contributed by atoms with Crippen molar-refractivity contribution in [3.05, 3.63) is 29.6 Å². The first-order valence-electron chi connectivity index (χ1n) is 4.86. The lowest BCUT2D eigenvalue weighted by molar-refractivity contribution is 0.181. The molecule has 70 valence electrons. The molecule has 2 nitrogen and oxygen atoms in total. The summed E-state index contributed by atoms with van der Waals surface area (Å²) in [5.41, 5.74) is 2.34. The van der Waals surface area contributed by atoms with Gasteiger partial charge in [-0.25, -0.2) is 0 Å². The molecule has 0 amide bonds. The predicted molar refractivity (Wildman–Crippen MR) is 51.6 cm³/mol. The summed E-state index contributed by atoms with van der Waals surface area (Å²) in [4.78, 5) is 4.27. The summed E-state index contributed by atoms with van der Waals surface area (Å²) in [5, 5.41) is 9.40. The number of aromatic nitrogens is 1. The summed E-state index contributed by atoms with van der Waals surface area (Å²) >= 11 is 0. The molecule has 2 atom stereocenters. The van der Waals surface area contributed by atoms with Crippen LogP contribution in [-0.2, 0) is 0 Å². The Morgan fingerprint density at radius 3 is 2.77 bits per heavy atom. The Balaban J connectivity index is 2.13. The van der Waals surface area contributed by atoms with Crippen molar-refractivity contribution in [2.24, 2.45) is 0 Å². The average Bonchev–Trinajstić information content (AvgIpc) is 2.53. The molecule has 2 unspecified atom stereocenters. The van der Waals surface area contributed by atoms with Gasteiger partial charge >= 0.3 is 0 Å². The van der Waals surface area contributed by atoms with Crippen molar-refractivity contribution in [2.75, 3.05) is 0 Å². The van der Waals surface area contributed by atoms with Gasteiger partial charge in [0.25, 0.3) is 0 Å². The molecule has 1 saturated carbocycles. The Morgan fingerprint density at radius 1 is 1.38 bits per heavy atom. The van der Waals surface area contributed by atoms with Crippen LogP contribution < -0.4 is 0 Å². The quantitative estimate of drug-likeness (QED) is 0.712. The number of nitrogens with zero attached hydrogens (tertiary/aromatic N) is 1. The third-order valence-electron chi connectivity index (χ3n) is 2.81. The average molecular weight is 177 g/mol. The summed E-state index contributed by atoms with van der Waals surface area (Å²) in [6, 6.07) is 4.17. The predicted octanol–water partition coefficient (Wildman–Crippen LogP) is 2.02. The van der Waals surface area contributed by atoms with Crippen molar-refractivity contribution in [3.8, 4) is 0 Å². The van der Waals surface area contributed by atoms with Gasteiger partial charge in [0.15, 0.2) is 0 Å². The summed E-state index contributed by atoms with van der Waals surface area (Å²) in [6.45, 7) is 1.99. The van der Waals surface area contributed by atoms with Gasteiger partial charge in [0.2, 0.25) is 0 Å². The number of aliphatic hydroxyl groups is 1. The van der Waals surface area contributed by atoms with Gasteiger partial charge in [0.1, 0.15) is 0 Å². The van der Waals surface area contributed by atoms with Crippen LogP contribution in [0.1, 0.15) is 36.4 Å². The monoisotopic (exact) mass is 177 g/mol. The second-order valence-corrected chi connectivity index (χ2v) is 3.90. The molecule has 1 aromatic rings. The SMILES string of the molecule is Cc1ccc(C2CCC(O)C2)cn1. The molecule has 0 radical (unpaired) electrons. The molecule has 1 fully saturated rings. The van der Waals surface area contributed by atoms with E-state index in [9.17, 15) is 5.11 Å². The molecule has 13 heavy (non-hydrogen) atoms. The number of hydrogen-bond donors (Lipinski definition) is 1. The van der Waals surface area contributed by atoms with Gasteiger partial charge in [-0.05, 0) is 43.7 Å². The molecule has 1 aliphatic rings. The van der Waals surface area contributed by atoms with Crippen LogP contribution >= 0.6 is 0 Å². The van der Waals surface area contributed by atoms with Crippen LogP contribution in [0.15, 0.2) is 18.3 Å². The van der Waals surface area contributed by atoms with Gasteiger partial charge in [-0.1, -0.05) is 6.07 Å². The minimum Gasteiger partial charge on any atom is -0.393 e. The number of aryl methyl sites for hydroxylation is 1. The van der Waals surface area contributed by atoms with E-state index in [4.69, 9.17) is 0 Å². The fourth-order valence-electron chi connectivity index (χ4n) is 1.98. The highest BCUT2D eigenvalue weighted by molar-refractivity contribution is 5.19. The zero-order valence-corrected chi connectivity index (χ0v) is 7.90. The first kappa shape index (κ1) is 8.70. The molecule has 0 saturated heterocycles. The molecule has 2 heteroatoms. The lowest BCUT2D eigenvalue weighted by Crippen LogP contribution is -1.99. The second kappa shape index (κ2) is 3.46. The van der Waals surface area contributed by atoms with E-state index in [0.29, 0.717) is 5.92 Å². The van der Waals surface area contributed by atoms with E-state index in [2.05, 4.69) is 11.1 Å². The number of hydrogen-bond acceptors (Lipinski definition) is 2. The van der Waals surface area contributed by atoms with E-state index in [1.807, 2.05) is 19.2 Å². The second-order valence-electron chi connectivity index (χ2n) is 3.90. The maximum Gasteiger partial charge on any atom is 0.0546 e. The highest BCUT2D eigenvalue weighted by Crippen LogP contribution is 2.33. The smallest absolute Gasteiger partial charge is 0.0546 e. The maximum atomic E-state index is 9.40. The first-order valence-corrected chi connectivity index (χ1v) is 4.86. The standard InChI is InChI=1S/C11H15NO/c1-8-2-3-10(7-12-8)9-4-5-11(13)6-9/h2-3,7,9,11,13H,4-6H2,1H3. The van der Waals surface area contributed by atoms with E-state index in [1.165, 1.54) is 5.56 Å². The molecule has 0 aliphatic heterocycles. The highest BCUT2D eigenvalue weighted by atomic mass is 16.3. The molecule has 1 heterocycles. The zero-order valence-electron chi connectivity index (χ0n) is 7.90. The molecular formula is C11H15NO. The fraction of sp³-hybridized carbons (Fsp3) is 0.545. The molecule has 1 aliphatic carbocycles. The van der Waals surface area contributed by atoms with Gasteiger partial charge in [0, 0.05) is 11.9 Å².